The maximum Gasteiger partial charge on any atom is 0.151 e. The Morgan fingerprint density at radius 2 is 2.14 bits per heavy atom. The van der Waals surface area contributed by atoms with Gasteiger partial charge in [0.25, 0.3) is 0 Å². The number of sulfone groups is 1. The van der Waals surface area contributed by atoms with Crippen LogP contribution < -0.4 is 0 Å². The lowest BCUT2D eigenvalue weighted by atomic mass is 10.2. The summed E-state index contributed by atoms with van der Waals surface area (Å²) in [5.74, 6) is 0.643. The fraction of sp³-hybridized carbons (Fsp3) is 1.00. The molecule has 0 aromatic carbocycles. The van der Waals surface area contributed by atoms with Crippen molar-refractivity contribution in [2.75, 3.05) is 31.7 Å². The van der Waals surface area contributed by atoms with Gasteiger partial charge in [0.2, 0.25) is 0 Å². The fourth-order valence-electron chi connectivity index (χ4n) is 1.78. The first kappa shape index (κ1) is 11.9. The number of unbranched alkanes of at least 4 members (excludes halogenated alkanes) is 1. The molecule has 1 rings (SSSR count). The molecule has 0 aromatic rings. The first-order valence-electron chi connectivity index (χ1n) is 5.07. The molecule has 0 aliphatic carbocycles. The highest BCUT2D eigenvalue weighted by Crippen LogP contribution is 2.16. The van der Waals surface area contributed by atoms with Gasteiger partial charge in [0.05, 0.1) is 11.5 Å². The lowest BCUT2D eigenvalue weighted by Gasteiger charge is -2.22. The average molecular weight is 221 g/mol. The smallest absolute Gasteiger partial charge is 0.151 e. The molecule has 84 valence electrons. The second kappa shape index (κ2) is 5.09. The molecule has 0 aromatic heterocycles. The number of rotatable bonds is 5. The van der Waals surface area contributed by atoms with Crippen molar-refractivity contribution >= 4 is 9.84 Å². The summed E-state index contributed by atoms with van der Waals surface area (Å²) in [5.41, 5.74) is 0. The summed E-state index contributed by atoms with van der Waals surface area (Å²) >= 11 is 0. The molecule has 5 heteroatoms. The van der Waals surface area contributed by atoms with Gasteiger partial charge in [-0.2, -0.15) is 0 Å². The van der Waals surface area contributed by atoms with Crippen LogP contribution in [-0.2, 0) is 9.84 Å². The van der Waals surface area contributed by atoms with Gasteiger partial charge < -0.3 is 10.0 Å². The second-order valence-electron chi connectivity index (χ2n) is 3.97. The Morgan fingerprint density at radius 3 is 2.64 bits per heavy atom. The third kappa shape index (κ3) is 3.55. The van der Waals surface area contributed by atoms with Crippen molar-refractivity contribution in [3.63, 3.8) is 0 Å². The van der Waals surface area contributed by atoms with Crippen LogP contribution in [0.1, 0.15) is 19.3 Å². The van der Waals surface area contributed by atoms with Crippen molar-refractivity contribution in [2.45, 2.75) is 25.3 Å². The van der Waals surface area contributed by atoms with Crippen LogP contribution in [0.2, 0.25) is 0 Å². The number of nitrogens with zero attached hydrogens (tertiary/aromatic N) is 1. The van der Waals surface area contributed by atoms with Crippen LogP contribution in [0.4, 0.5) is 0 Å². The molecule has 1 fully saturated rings. The molecule has 1 aliphatic heterocycles. The monoisotopic (exact) mass is 221 g/mol. The molecule has 4 nitrogen and oxygen atoms in total. The average Bonchev–Trinajstić information content (AvgIpc) is 2.46. The molecule has 0 amide bonds. The summed E-state index contributed by atoms with van der Waals surface area (Å²) in [7, 11) is -0.801. The molecule has 1 unspecified atom stereocenters. The van der Waals surface area contributed by atoms with Gasteiger partial charge in [-0.15, -0.1) is 0 Å². The van der Waals surface area contributed by atoms with Crippen molar-refractivity contribution in [2.24, 2.45) is 0 Å². The van der Waals surface area contributed by atoms with Crippen LogP contribution >= 0.6 is 0 Å². The molecule has 0 bridgehead atoms. The fourth-order valence-corrected chi connectivity index (χ4v) is 3.58. The normalized spacial score (nSPS) is 25.8. The number of aliphatic hydroxyl groups excluding tert-OH is 1. The first-order chi connectivity index (χ1) is 6.55. The summed E-state index contributed by atoms with van der Waals surface area (Å²) < 4.78 is 22.4. The molecular formula is C9H19NO3S. The Kier molecular flexibility index (Phi) is 4.34. The first-order valence-corrected chi connectivity index (χ1v) is 6.89. The van der Waals surface area contributed by atoms with Crippen molar-refractivity contribution in [3.8, 4) is 0 Å². The minimum Gasteiger partial charge on any atom is -0.396 e. The zero-order valence-electron chi connectivity index (χ0n) is 8.65. The van der Waals surface area contributed by atoms with Gasteiger partial charge >= 0.3 is 0 Å². The standard InChI is InChI=1S/C9H19NO3S/c1-10(5-2-3-6-11)9-4-7-14(12,13)8-9/h9,11H,2-8H2,1H3. The van der Waals surface area contributed by atoms with Crippen LogP contribution in [0.15, 0.2) is 0 Å². The van der Waals surface area contributed by atoms with Crippen LogP contribution in [0.5, 0.6) is 0 Å². The summed E-state index contributed by atoms with van der Waals surface area (Å²) in [4.78, 5) is 2.10. The van der Waals surface area contributed by atoms with Gasteiger partial charge in [-0.1, -0.05) is 0 Å². The predicted molar refractivity (Wildman–Crippen MR) is 56.0 cm³/mol. The summed E-state index contributed by atoms with van der Waals surface area (Å²) in [6.07, 6.45) is 2.49. The maximum atomic E-state index is 11.2. The molecule has 0 saturated carbocycles. The Bertz CT molecular complexity index is 263. The third-order valence-corrected chi connectivity index (χ3v) is 4.50. The van der Waals surface area contributed by atoms with E-state index in [-0.39, 0.29) is 12.6 Å². The lowest BCUT2D eigenvalue weighted by Crippen LogP contribution is -2.33. The number of hydrogen-bond acceptors (Lipinski definition) is 4. The van der Waals surface area contributed by atoms with Gasteiger partial charge in [0, 0.05) is 12.6 Å². The Balaban J connectivity index is 2.29. The molecule has 1 N–H and O–H groups in total. The molecule has 1 atom stereocenters. The summed E-state index contributed by atoms with van der Waals surface area (Å²) in [5, 5.41) is 8.61. The van der Waals surface area contributed by atoms with Crippen molar-refractivity contribution in [3.05, 3.63) is 0 Å². The van der Waals surface area contributed by atoms with Gasteiger partial charge in [0.15, 0.2) is 9.84 Å². The summed E-state index contributed by atoms with van der Waals surface area (Å²) in [6, 6.07) is 0.193. The number of aliphatic hydroxyl groups is 1. The highest BCUT2D eigenvalue weighted by atomic mass is 32.2. The van der Waals surface area contributed by atoms with Crippen LogP contribution in [0, 0.1) is 0 Å². The largest absolute Gasteiger partial charge is 0.396 e. The zero-order chi connectivity index (χ0) is 10.6. The molecule has 14 heavy (non-hydrogen) atoms. The van der Waals surface area contributed by atoms with E-state index in [0.29, 0.717) is 11.5 Å². The van der Waals surface area contributed by atoms with E-state index < -0.39 is 9.84 Å². The minimum absolute atomic E-state index is 0.193. The van der Waals surface area contributed by atoms with Gasteiger partial charge in [0.1, 0.15) is 0 Å². The predicted octanol–water partition coefficient (Wildman–Crippen LogP) is -0.122. The molecule has 1 heterocycles. The highest BCUT2D eigenvalue weighted by Gasteiger charge is 2.30. The highest BCUT2D eigenvalue weighted by molar-refractivity contribution is 7.91. The zero-order valence-corrected chi connectivity index (χ0v) is 9.46. The third-order valence-electron chi connectivity index (χ3n) is 2.75. The van der Waals surface area contributed by atoms with E-state index in [9.17, 15) is 8.42 Å². The second-order valence-corrected chi connectivity index (χ2v) is 6.20. The Hall–Kier alpha value is -0.130. The van der Waals surface area contributed by atoms with E-state index in [1.165, 1.54) is 0 Å². The molecule has 0 radical (unpaired) electrons. The van der Waals surface area contributed by atoms with E-state index in [1.54, 1.807) is 0 Å². The van der Waals surface area contributed by atoms with Crippen LogP contribution in [-0.4, -0.2) is 56.2 Å². The van der Waals surface area contributed by atoms with E-state index in [0.717, 1.165) is 25.8 Å². The lowest BCUT2D eigenvalue weighted by molar-refractivity contribution is 0.234. The van der Waals surface area contributed by atoms with Crippen molar-refractivity contribution in [1.29, 1.82) is 0 Å². The van der Waals surface area contributed by atoms with Crippen LogP contribution in [0.3, 0.4) is 0 Å². The molecular weight excluding hydrogens is 202 g/mol. The van der Waals surface area contributed by atoms with Gasteiger partial charge in [-0.3, -0.25) is 0 Å². The van der Waals surface area contributed by atoms with Gasteiger partial charge in [-0.05, 0) is 32.9 Å². The quantitative estimate of drug-likeness (QED) is 0.658. The minimum atomic E-state index is -2.76. The Morgan fingerprint density at radius 1 is 1.43 bits per heavy atom. The summed E-state index contributed by atoms with van der Waals surface area (Å²) in [6.45, 7) is 1.09. The van der Waals surface area contributed by atoms with Gasteiger partial charge in [-0.25, -0.2) is 8.42 Å². The topological polar surface area (TPSA) is 57.6 Å². The molecule has 0 spiro atoms. The van der Waals surface area contributed by atoms with Crippen LogP contribution in [0.25, 0.3) is 0 Å². The van der Waals surface area contributed by atoms with E-state index in [1.807, 2.05) is 7.05 Å². The van der Waals surface area contributed by atoms with E-state index in [4.69, 9.17) is 5.11 Å². The van der Waals surface area contributed by atoms with Crippen molar-refractivity contribution in [1.82, 2.24) is 4.90 Å². The van der Waals surface area contributed by atoms with E-state index in [2.05, 4.69) is 4.90 Å². The molecule has 1 aliphatic rings. The number of hydrogen-bond donors (Lipinski definition) is 1. The Labute approximate surface area is 85.8 Å². The maximum absolute atomic E-state index is 11.2. The van der Waals surface area contributed by atoms with Crippen molar-refractivity contribution < 1.29 is 13.5 Å². The SMILES string of the molecule is CN(CCCCO)C1CCS(=O)(=O)C1. The molecule has 1 saturated heterocycles. The van der Waals surface area contributed by atoms with E-state index >= 15 is 0 Å².